The van der Waals surface area contributed by atoms with E-state index in [1.165, 1.54) is 19.1 Å². The largest absolute Gasteiger partial charge is 0.493 e. The fraction of sp³-hybridized carbons (Fsp3) is 0.529. The average molecular weight is 320 g/mol. The molecule has 0 atom stereocenters. The third-order valence-electron chi connectivity index (χ3n) is 3.85. The molecule has 6 heteroatoms. The molecule has 1 aliphatic heterocycles. The molecule has 0 aromatic heterocycles. The Labute approximate surface area is 137 Å². The zero-order valence-electron chi connectivity index (χ0n) is 13.8. The maximum absolute atomic E-state index is 12.1. The van der Waals surface area contributed by atoms with Crippen molar-refractivity contribution in [2.45, 2.75) is 25.7 Å². The van der Waals surface area contributed by atoms with E-state index < -0.39 is 0 Å². The maximum atomic E-state index is 12.1. The van der Waals surface area contributed by atoms with Crippen molar-refractivity contribution < 1.29 is 19.1 Å². The molecule has 0 radical (unpaired) electrons. The molecule has 1 heterocycles. The molecule has 1 aliphatic rings. The van der Waals surface area contributed by atoms with E-state index in [0.717, 1.165) is 31.5 Å². The highest BCUT2D eigenvalue weighted by molar-refractivity contribution is 5.84. The summed E-state index contributed by atoms with van der Waals surface area (Å²) < 4.78 is 10.5. The smallest absolute Gasteiger partial charge is 0.263 e. The third-order valence-corrected chi connectivity index (χ3v) is 3.85. The number of oxime groups is 1. The monoisotopic (exact) mass is 320 g/mol. The van der Waals surface area contributed by atoms with Crippen LogP contribution in [0.25, 0.3) is 0 Å². The fourth-order valence-corrected chi connectivity index (χ4v) is 2.61. The Kier molecular flexibility index (Phi) is 6.72. The number of amides is 1. The molecule has 0 N–H and O–H groups in total. The summed E-state index contributed by atoms with van der Waals surface area (Å²) in [5.41, 5.74) is 0.731. The number of hydrogen-bond donors (Lipinski definition) is 0. The summed E-state index contributed by atoms with van der Waals surface area (Å²) in [6.07, 6.45) is 6.04. The number of carbonyl (C=O) groups is 1. The van der Waals surface area contributed by atoms with E-state index in [9.17, 15) is 4.79 Å². The van der Waals surface area contributed by atoms with Gasteiger partial charge in [-0.3, -0.25) is 4.79 Å². The first-order valence-electron chi connectivity index (χ1n) is 7.90. The molecule has 1 fully saturated rings. The van der Waals surface area contributed by atoms with Crippen LogP contribution in [0.1, 0.15) is 31.2 Å². The van der Waals surface area contributed by atoms with E-state index in [-0.39, 0.29) is 12.5 Å². The number of nitrogens with zero attached hydrogens (tertiary/aromatic N) is 2. The summed E-state index contributed by atoms with van der Waals surface area (Å²) >= 11 is 0. The Balaban J connectivity index is 1.88. The molecule has 1 aromatic rings. The van der Waals surface area contributed by atoms with Crippen LogP contribution >= 0.6 is 0 Å². The molecular formula is C17H24N2O4. The van der Waals surface area contributed by atoms with Crippen molar-refractivity contribution in [3.05, 3.63) is 23.8 Å². The first-order chi connectivity index (χ1) is 11.3. The van der Waals surface area contributed by atoms with Crippen LogP contribution in [0.15, 0.2) is 23.4 Å². The molecule has 0 bridgehead atoms. The van der Waals surface area contributed by atoms with E-state index in [0.29, 0.717) is 11.5 Å². The van der Waals surface area contributed by atoms with Crippen LogP contribution in [0, 0.1) is 0 Å². The van der Waals surface area contributed by atoms with Crippen LogP contribution in [0.3, 0.4) is 0 Å². The predicted octanol–water partition coefficient (Wildman–Crippen LogP) is 2.46. The van der Waals surface area contributed by atoms with Gasteiger partial charge in [-0.1, -0.05) is 24.1 Å². The highest BCUT2D eigenvalue weighted by atomic mass is 16.6. The Morgan fingerprint density at radius 3 is 2.57 bits per heavy atom. The molecule has 1 saturated heterocycles. The zero-order chi connectivity index (χ0) is 16.5. The van der Waals surface area contributed by atoms with Gasteiger partial charge in [0.2, 0.25) is 0 Å². The first kappa shape index (κ1) is 17.1. The lowest BCUT2D eigenvalue weighted by Crippen LogP contribution is -2.34. The van der Waals surface area contributed by atoms with E-state index >= 15 is 0 Å². The van der Waals surface area contributed by atoms with Crippen LogP contribution < -0.4 is 9.47 Å². The number of methoxy groups -OCH3 is 2. The third kappa shape index (κ3) is 4.87. The van der Waals surface area contributed by atoms with Crippen molar-refractivity contribution in [2.24, 2.45) is 5.16 Å². The van der Waals surface area contributed by atoms with Crippen molar-refractivity contribution in [1.29, 1.82) is 0 Å². The Bertz CT molecular complexity index is 537. The van der Waals surface area contributed by atoms with Gasteiger partial charge in [-0.25, -0.2) is 0 Å². The molecule has 126 valence electrons. The van der Waals surface area contributed by atoms with E-state index in [1.807, 2.05) is 17.0 Å². The number of hydrogen-bond acceptors (Lipinski definition) is 5. The van der Waals surface area contributed by atoms with Crippen LogP contribution in [0.5, 0.6) is 11.5 Å². The summed E-state index contributed by atoms with van der Waals surface area (Å²) in [6.45, 7) is 1.59. The predicted molar refractivity (Wildman–Crippen MR) is 88.1 cm³/mol. The second-order valence-corrected chi connectivity index (χ2v) is 5.39. The van der Waals surface area contributed by atoms with Crippen LogP contribution in [-0.4, -0.2) is 50.9 Å². The number of carbonyl (C=O) groups excluding carboxylic acids is 1. The molecule has 6 nitrogen and oxygen atoms in total. The lowest BCUT2D eigenvalue weighted by atomic mass is 10.2. The van der Waals surface area contributed by atoms with Crippen LogP contribution in [-0.2, 0) is 9.63 Å². The number of para-hydroxylation sites is 1. The molecule has 0 unspecified atom stereocenters. The Morgan fingerprint density at radius 2 is 1.91 bits per heavy atom. The maximum Gasteiger partial charge on any atom is 0.263 e. The van der Waals surface area contributed by atoms with Gasteiger partial charge in [0.05, 0.1) is 20.4 Å². The minimum atomic E-state index is -0.0389. The number of rotatable bonds is 6. The van der Waals surface area contributed by atoms with E-state index in [1.54, 1.807) is 20.3 Å². The van der Waals surface area contributed by atoms with Gasteiger partial charge in [0.15, 0.2) is 18.1 Å². The molecule has 0 aliphatic carbocycles. The molecule has 1 aromatic carbocycles. The molecule has 0 saturated carbocycles. The molecule has 1 amide bonds. The lowest BCUT2D eigenvalue weighted by molar-refractivity contribution is -0.136. The van der Waals surface area contributed by atoms with Gasteiger partial charge in [-0.05, 0) is 25.0 Å². The number of likely N-dealkylation sites (tertiary alicyclic amines) is 1. The van der Waals surface area contributed by atoms with Gasteiger partial charge in [0.25, 0.3) is 5.91 Å². The molecule has 2 rings (SSSR count). The van der Waals surface area contributed by atoms with E-state index in [4.69, 9.17) is 14.3 Å². The van der Waals surface area contributed by atoms with Gasteiger partial charge in [-0.2, -0.15) is 0 Å². The van der Waals surface area contributed by atoms with Crippen molar-refractivity contribution >= 4 is 12.1 Å². The van der Waals surface area contributed by atoms with Gasteiger partial charge in [0.1, 0.15) is 0 Å². The summed E-state index contributed by atoms with van der Waals surface area (Å²) in [5, 5.41) is 3.88. The SMILES string of the molecule is COc1cccc(/C=N\OCC(=O)N2CCCCCC2)c1OC. The summed E-state index contributed by atoms with van der Waals surface area (Å²) in [7, 11) is 3.15. The van der Waals surface area contributed by atoms with Crippen molar-refractivity contribution in [3.63, 3.8) is 0 Å². The summed E-state index contributed by atoms with van der Waals surface area (Å²) in [4.78, 5) is 19.1. The number of benzene rings is 1. The van der Waals surface area contributed by atoms with Crippen LogP contribution in [0.2, 0.25) is 0 Å². The highest BCUT2D eigenvalue weighted by Gasteiger charge is 2.15. The molecule has 0 spiro atoms. The van der Waals surface area contributed by atoms with Crippen LogP contribution in [0.4, 0.5) is 0 Å². The van der Waals surface area contributed by atoms with Gasteiger partial charge in [-0.15, -0.1) is 0 Å². The van der Waals surface area contributed by atoms with Crippen molar-refractivity contribution in [1.82, 2.24) is 4.90 Å². The minimum Gasteiger partial charge on any atom is -0.493 e. The highest BCUT2D eigenvalue weighted by Crippen LogP contribution is 2.29. The Morgan fingerprint density at radius 1 is 1.17 bits per heavy atom. The van der Waals surface area contributed by atoms with Gasteiger partial charge < -0.3 is 19.2 Å². The number of ether oxygens (including phenoxy) is 2. The second-order valence-electron chi connectivity index (χ2n) is 5.39. The topological polar surface area (TPSA) is 60.4 Å². The van der Waals surface area contributed by atoms with Crippen molar-refractivity contribution in [2.75, 3.05) is 33.9 Å². The standard InChI is InChI=1S/C17H24N2O4/c1-21-15-9-7-8-14(17(15)22-2)12-18-23-13-16(20)19-10-5-3-4-6-11-19/h7-9,12H,3-6,10-11,13H2,1-2H3/b18-12-. The average Bonchev–Trinajstić information content (AvgIpc) is 2.87. The minimum absolute atomic E-state index is 0.0124. The van der Waals surface area contributed by atoms with Gasteiger partial charge in [0, 0.05) is 18.7 Å². The summed E-state index contributed by atoms with van der Waals surface area (Å²) in [6, 6.07) is 5.48. The first-order valence-corrected chi connectivity index (χ1v) is 7.90. The Hall–Kier alpha value is -2.24. The normalized spacial score (nSPS) is 15.3. The zero-order valence-corrected chi connectivity index (χ0v) is 13.8. The van der Waals surface area contributed by atoms with Gasteiger partial charge >= 0.3 is 0 Å². The quantitative estimate of drug-likeness (QED) is 0.597. The fourth-order valence-electron chi connectivity index (χ4n) is 2.61. The lowest BCUT2D eigenvalue weighted by Gasteiger charge is -2.19. The van der Waals surface area contributed by atoms with E-state index in [2.05, 4.69) is 5.16 Å². The molecule has 23 heavy (non-hydrogen) atoms. The summed E-state index contributed by atoms with van der Waals surface area (Å²) in [5.74, 6) is 1.19. The molecular weight excluding hydrogens is 296 g/mol. The van der Waals surface area contributed by atoms with Crippen molar-refractivity contribution in [3.8, 4) is 11.5 Å². The second kappa shape index (κ2) is 9.02.